The van der Waals surface area contributed by atoms with Gasteiger partial charge in [-0.25, -0.2) is 9.97 Å². The van der Waals surface area contributed by atoms with Gasteiger partial charge in [-0.3, -0.25) is 4.90 Å². The van der Waals surface area contributed by atoms with Crippen LogP contribution >= 0.6 is 0 Å². The molecule has 0 spiro atoms. The van der Waals surface area contributed by atoms with E-state index in [1.54, 1.807) is 0 Å². The molecule has 22 heavy (non-hydrogen) atoms. The Kier molecular flexibility index (Phi) is 4.01. The summed E-state index contributed by atoms with van der Waals surface area (Å²) in [6.07, 6.45) is 8.97. The molecule has 0 bridgehead atoms. The van der Waals surface area contributed by atoms with Crippen molar-refractivity contribution in [2.75, 3.05) is 37.7 Å². The molecule has 2 atom stereocenters. The van der Waals surface area contributed by atoms with Crippen molar-refractivity contribution in [2.45, 2.75) is 44.7 Å². The summed E-state index contributed by atoms with van der Waals surface area (Å²) in [5.74, 6) is 1.77. The molecule has 3 fully saturated rings. The number of aromatic nitrogens is 2. The minimum Gasteiger partial charge on any atom is -0.378 e. The molecule has 2 saturated heterocycles. The summed E-state index contributed by atoms with van der Waals surface area (Å²) in [6.45, 7) is 7.13. The van der Waals surface area contributed by atoms with E-state index in [2.05, 4.69) is 26.7 Å². The van der Waals surface area contributed by atoms with Crippen LogP contribution in [-0.2, 0) is 11.2 Å². The molecule has 3 heterocycles. The second-order valence-corrected chi connectivity index (χ2v) is 6.92. The molecule has 4 rings (SSSR count). The lowest BCUT2D eigenvalue weighted by Crippen LogP contribution is -2.62. The standard InChI is InChI=1S/C17H26N4O/c1-2-3-13-8-18-17(19-9-13)20-6-7-21-15(10-20)11-22-12-16(21)14-4-5-14/h8-9,14-16H,2-7,10-12H2,1H3/t15-,16-/m1/s1. The minimum absolute atomic E-state index is 0.506. The summed E-state index contributed by atoms with van der Waals surface area (Å²) in [5, 5.41) is 0. The topological polar surface area (TPSA) is 41.5 Å². The molecule has 1 aromatic rings. The molecule has 0 N–H and O–H groups in total. The van der Waals surface area contributed by atoms with Crippen molar-refractivity contribution < 1.29 is 4.74 Å². The van der Waals surface area contributed by atoms with Crippen molar-refractivity contribution in [3.05, 3.63) is 18.0 Å². The van der Waals surface area contributed by atoms with Crippen LogP contribution in [0, 0.1) is 5.92 Å². The molecule has 1 saturated carbocycles. The number of hydrogen-bond acceptors (Lipinski definition) is 5. The number of anilines is 1. The highest BCUT2D eigenvalue weighted by Gasteiger charge is 2.43. The lowest BCUT2D eigenvalue weighted by Gasteiger charge is -2.48. The van der Waals surface area contributed by atoms with Gasteiger partial charge in [-0.05, 0) is 30.7 Å². The van der Waals surface area contributed by atoms with Gasteiger partial charge in [-0.15, -0.1) is 0 Å². The fourth-order valence-electron chi connectivity index (χ4n) is 3.87. The lowest BCUT2D eigenvalue weighted by molar-refractivity contribution is -0.0604. The van der Waals surface area contributed by atoms with Crippen LogP contribution in [0.3, 0.4) is 0 Å². The van der Waals surface area contributed by atoms with Gasteiger partial charge in [0.05, 0.1) is 19.3 Å². The zero-order valence-electron chi connectivity index (χ0n) is 13.4. The fourth-order valence-corrected chi connectivity index (χ4v) is 3.87. The highest BCUT2D eigenvalue weighted by atomic mass is 16.5. The maximum absolute atomic E-state index is 5.88. The number of hydrogen-bond donors (Lipinski definition) is 0. The number of morpholine rings is 1. The Bertz CT molecular complexity index is 502. The predicted molar refractivity (Wildman–Crippen MR) is 86.1 cm³/mol. The molecular formula is C17H26N4O. The summed E-state index contributed by atoms with van der Waals surface area (Å²) in [6, 6.07) is 1.17. The van der Waals surface area contributed by atoms with Crippen molar-refractivity contribution in [3.63, 3.8) is 0 Å². The first-order valence-electron chi connectivity index (χ1n) is 8.74. The lowest BCUT2D eigenvalue weighted by atomic mass is 10.0. The van der Waals surface area contributed by atoms with Crippen molar-refractivity contribution in [2.24, 2.45) is 5.92 Å². The third-order valence-corrected chi connectivity index (χ3v) is 5.23. The number of aryl methyl sites for hydroxylation is 1. The van der Waals surface area contributed by atoms with Crippen molar-refractivity contribution >= 4 is 5.95 Å². The summed E-state index contributed by atoms with van der Waals surface area (Å²) < 4.78 is 5.88. The summed E-state index contributed by atoms with van der Waals surface area (Å²) in [4.78, 5) is 14.2. The SMILES string of the molecule is CCCc1cnc(N2CCN3[C@@H](COC[C@@H]3C3CC3)C2)nc1. The van der Waals surface area contributed by atoms with Gasteiger partial charge in [0.1, 0.15) is 0 Å². The van der Waals surface area contributed by atoms with Crippen LogP contribution in [0.25, 0.3) is 0 Å². The van der Waals surface area contributed by atoms with Gasteiger partial charge >= 0.3 is 0 Å². The van der Waals surface area contributed by atoms with E-state index in [1.165, 1.54) is 18.4 Å². The molecule has 0 aromatic carbocycles. The van der Waals surface area contributed by atoms with Gasteiger partial charge in [0.2, 0.25) is 5.95 Å². The van der Waals surface area contributed by atoms with Crippen LogP contribution in [0.15, 0.2) is 12.4 Å². The Balaban J connectivity index is 1.42. The second-order valence-electron chi connectivity index (χ2n) is 6.92. The van der Waals surface area contributed by atoms with Gasteiger partial charge in [0, 0.05) is 38.1 Å². The van der Waals surface area contributed by atoms with E-state index < -0.39 is 0 Å². The van der Waals surface area contributed by atoms with Crippen molar-refractivity contribution in [1.82, 2.24) is 14.9 Å². The van der Waals surface area contributed by atoms with Gasteiger partial charge in [0.25, 0.3) is 0 Å². The molecule has 0 radical (unpaired) electrons. The molecule has 2 aliphatic heterocycles. The van der Waals surface area contributed by atoms with Gasteiger partial charge in [0.15, 0.2) is 0 Å². The van der Waals surface area contributed by atoms with Crippen LogP contribution < -0.4 is 4.90 Å². The molecule has 1 aromatic heterocycles. The van der Waals surface area contributed by atoms with Gasteiger partial charge in [-0.2, -0.15) is 0 Å². The third kappa shape index (κ3) is 2.84. The van der Waals surface area contributed by atoms with Crippen LogP contribution in [0.5, 0.6) is 0 Å². The monoisotopic (exact) mass is 302 g/mol. The molecule has 5 heteroatoms. The van der Waals surface area contributed by atoms with E-state index in [-0.39, 0.29) is 0 Å². The zero-order chi connectivity index (χ0) is 14.9. The van der Waals surface area contributed by atoms with Crippen molar-refractivity contribution in [1.29, 1.82) is 0 Å². The van der Waals surface area contributed by atoms with E-state index in [0.717, 1.165) is 57.6 Å². The number of rotatable bonds is 4. The molecule has 1 aliphatic carbocycles. The average molecular weight is 302 g/mol. The predicted octanol–water partition coefficient (Wildman–Crippen LogP) is 1.73. The summed E-state index contributed by atoms with van der Waals surface area (Å²) >= 11 is 0. The highest BCUT2D eigenvalue weighted by molar-refractivity contribution is 5.31. The molecule has 0 amide bonds. The van der Waals surface area contributed by atoms with Crippen molar-refractivity contribution in [3.8, 4) is 0 Å². The van der Waals surface area contributed by atoms with E-state index in [4.69, 9.17) is 4.74 Å². The Morgan fingerprint density at radius 1 is 1.18 bits per heavy atom. The average Bonchev–Trinajstić information content (AvgIpc) is 3.40. The molecule has 120 valence electrons. The molecule has 3 aliphatic rings. The molecular weight excluding hydrogens is 276 g/mol. The second kappa shape index (κ2) is 6.13. The number of piperazine rings is 1. The third-order valence-electron chi connectivity index (χ3n) is 5.23. The number of fused-ring (bicyclic) bond motifs is 1. The molecule has 5 nitrogen and oxygen atoms in total. The Labute approximate surface area is 132 Å². The van der Waals surface area contributed by atoms with Crippen LogP contribution in [0.4, 0.5) is 5.95 Å². The van der Waals surface area contributed by atoms with E-state index >= 15 is 0 Å². The number of nitrogens with zero attached hydrogens (tertiary/aromatic N) is 4. The smallest absolute Gasteiger partial charge is 0.225 e. The van der Waals surface area contributed by atoms with E-state index in [9.17, 15) is 0 Å². The first kappa shape index (κ1) is 14.4. The first-order valence-corrected chi connectivity index (χ1v) is 8.74. The Morgan fingerprint density at radius 2 is 2.00 bits per heavy atom. The van der Waals surface area contributed by atoms with Crippen LogP contribution in [0.2, 0.25) is 0 Å². The first-order chi connectivity index (χ1) is 10.8. The minimum atomic E-state index is 0.506. The normalized spacial score (nSPS) is 29.4. The summed E-state index contributed by atoms with van der Waals surface area (Å²) in [5.41, 5.74) is 1.24. The van der Waals surface area contributed by atoms with Crippen LogP contribution in [-0.4, -0.2) is 59.8 Å². The van der Waals surface area contributed by atoms with Gasteiger partial charge < -0.3 is 9.64 Å². The summed E-state index contributed by atoms with van der Waals surface area (Å²) in [7, 11) is 0. The van der Waals surface area contributed by atoms with E-state index in [0.29, 0.717) is 12.1 Å². The number of ether oxygens (including phenoxy) is 1. The fraction of sp³-hybridized carbons (Fsp3) is 0.765. The highest BCUT2D eigenvalue weighted by Crippen LogP contribution is 2.38. The van der Waals surface area contributed by atoms with E-state index in [1.807, 2.05) is 12.4 Å². The largest absolute Gasteiger partial charge is 0.378 e. The zero-order valence-corrected chi connectivity index (χ0v) is 13.4. The quantitative estimate of drug-likeness (QED) is 0.847. The Hall–Kier alpha value is -1.20. The maximum Gasteiger partial charge on any atom is 0.225 e. The van der Waals surface area contributed by atoms with Gasteiger partial charge in [-0.1, -0.05) is 13.3 Å². The Morgan fingerprint density at radius 3 is 2.73 bits per heavy atom. The molecule has 0 unspecified atom stereocenters. The van der Waals surface area contributed by atoms with Crippen LogP contribution in [0.1, 0.15) is 31.7 Å². The maximum atomic E-state index is 5.88.